The normalized spacial score (nSPS) is 22.0. The standard InChI is InChI=1S/C21H29F2N2O5P/c22-21(23,16-5-2-1-3-6-16)18(26)8-7-17-15-24-19(27)25(17)13-4-9-20(10-11-20)12-14-31(28,29)30/h1-3,5-8,17-18,26H,4,9-15H2,(H,24,27)(H2,28,29,30)/b8-7+/t17-,18?/m0/s1. The maximum absolute atomic E-state index is 14.4. The number of benzene rings is 1. The number of rotatable bonds is 11. The minimum Gasteiger partial charge on any atom is -0.382 e. The first-order chi connectivity index (χ1) is 14.5. The Balaban J connectivity index is 1.53. The average Bonchev–Trinajstić information content (AvgIpc) is 3.42. The van der Waals surface area contributed by atoms with Gasteiger partial charge in [0.25, 0.3) is 0 Å². The first-order valence-electron chi connectivity index (χ1n) is 10.4. The van der Waals surface area contributed by atoms with Crippen LogP contribution in [0.3, 0.4) is 0 Å². The van der Waals surface area contributed by atoms with Gasteiger partial charge in [-0.1, -0.05) is 42.5 Å². The third kappa shape index (κ3) is 6.35. The SMILES string of the molecule is O=C1NC[C@H](/C=C/C(O)C(F)(F)c2ccccc2)N1CCCC1(CCP(=O)(O)O)CC1. The van der Waals surface area contributed by atoms with E-state index < -0.39 is 25.7 Å². The molecule has 1 saturated carbocycles. The van der Waals surface area contributed by atoms with Gasteiger partial charge in [-0.15, -0.1) is 0 Å². The molecule has 172 valence electrons. The van der Waals surface area contributed by atoms with Gasteiger partial charge >= 0.3 is 19.5 Å². The summed E-state index contributed by atoms with van der Waals surface area (Å²) in [5.74, 6) is -3.45. The third-order valence-electron chi connectivity index (χ3n) is 6.17. The summed E-state index contributed by atoms with van der Waals surface area (Å²) in [4.78, 5) is 31.8. The third-order valence-corrected chi connectivity index (χ3v) is 6.97. The predicted octanol–water partition coefficient (Wildman–Crippen LogP) is 3.22. The van der Waals surface area contributed by atoms with E-state index in [0.29, 0.717) is 19.4 Å². The molecule has 2 fully saturated rings. The van der Waals surface area contributed by atoms with Crippen LogP contribution in [0.1, 0.15) is 37.7 Å². The Hall–Kier alpha value is -1.80. The van der Waals surface area contributed by atoms with Crippen LogP contribution in [-0.2, 0) is 10.5 Å². The van der Waals surface area contributed by atoms with Gasteiger partial charge in [0.05, 0.1) is 12.2 Å². The number of nitrogens with one attached hydrogen (secondary N) is 1. The van der Waals surface area contributed by atoms with Crippen molar-refractivity contribution >= 4 is 13.6 Å². The molecule has 7 nitrogen and oxygen atoms in total. The van der Waals surface area contributed by atoms with E-state index in [1.165, 1.54) is 30.3 Å². The van der Waals surface area contributed by atoms with Crippen molar-refractivity contribution in [1.82, 2.24) is 10.2 Å². The Bertz CT molecular complexity index is 841. The molecule has 2 atom stereocenters. The number of aliphatic hydroxyl groups is 1. The van der Waals surface area contributed by atoms with E-state index in [2.05, 4.69) is 5.32 Å². The maximum atomic E-state index is 14.4. The van der Waals surface area contributed by atoms with Gasteiger partial charge in [0.1, 0.15) is 6.10 Å². The van der Waals surface area contributed by atoms with Crippen molar-refractivity contribution in [1.29, 1.82) is 0 Å². The minimum absolute atomic E-state index is 0.0589. The summed E-state index contributed by atoms with van der Waals surface area (Å²) in [5, 5.41) is 12.7. The quantitative estimate of drug-likeness (QED) is 0.301. The minimum atomic E-state index is -4.02. The molecule has 0 spiro atoms. The highest BCUT2D eigenvalue weighted by molar-refractivity contribution is 7.51. The fraction of sp³-hybridized carbons (Fsp3) is 0.571. The number of urea groups is 1. The van der Waals surface area contributed by atoms with Crippen LogP contribution in [0.15, 0.2) is 42.5 Å². The second-order valence-corrected chi connectivity index (χ2v) is 10.3. The number of alkyl halides is 2. The molecule has 2 amide bonds. The fourth-order valence-electron chi connectivity index (χ4n) is 3.99. The molecule has 0 aromatic heterocycles. The van der Waals surface area contributed by atoms with Crippen molar-refractivity contribution in [2.75, 3.05) is 19.3 Å². The van der Waals surface area contributed by atoms with Crippen molar-refractivity contribution in [2.45, 2.75) is 50.2 Å². The molecule has 31 heavy (non-hydrogen) atoms. The van der Waals surface area contributed by atoms with E-state index in [9.17, 15) is 23.2 Å². The van der Waals surface area contributed by atoms with Gasteiger partial charge in [-0.3, -0.25) is 4.57 Å². The molecule has 2 aliphatic rings. The molecular weight excluding hydrogens is 429 g/mol. The largest absolute Gasteiger partial charge is 0.382 e. The number of hydrogen-bond donors (Lipinski definition) is 4. The lowest BCUT2D eigenvalue weighted by Gasteiger charge is -2.24. The first kappa shape index (κ1) is 23.9. The molecule has 0 radical (unpaired) electrons. The Morgan fingerprint density at radius 2 is 1.94 bits per heavy atom. The van der Waals surface area contributed by atoms with Crippen molar-refractivity contribution in [3.63, 3.8) is 0 Å². The maximum Gasteiger partial charge on any atom is 0.325 e. The number of hydrogen-bond acceptors (Lipinski definition) is 3. The highest BCUT2D eigenvalue weighted by Crippen LogP contribution is 2.55. The van der Waals surface area contributed by atoms with E-state index in [-0.39, 0.29) is 29.7 Å². The lowest BCUT2D eigenvalue weighted by Crippen LogP contribution is -2.35. The summed E-state index contributed by atoms with van der Waals surface area (Å²) < 4.78 is 40.0. The molecule has 1 aliphatic carbocycles. The predicted molar refractivity (Wildman–Crippen MR) is 112 cm³/mol. The number of amides is 2. The molecule has 3 rings (SSSR count). The second-order valence-electron chi connectivity index (χ2n) is 8.51. The van der Waals surface area contributed by atoms with E-state index >= 15 is 0 Å². The Morgan fingerprint density at radius 1 is 1.26 bits per heavy atom. The fourth-order valence-corrected chi connectivity index (χ4v) is 4.75. The van der Waals surface area contributed by atoms with Gasteiger partial charge in [0.2, 0.25) is 0 Å². The Kier molecular flexibility index (Phi) is 7.21. The molecular formula is C21H29F2N2O5P. The average molecular weight is 458 g/mol. The Morgan fingerprint density at radius 3 is 2.55 bits per heavy atom. The van der Waals surface area contributed by atoms with Crippen LogP contribution in [0.4, 0.5) is 13.6 Å². The van der Waals surface area contributed by atoms with Gasteiger partial charge in [-0.2, -0.15) is 8.78 Å². The number of carbonyl (C=O) groups is 1. The highest BCUT2D eigenvalue weighted by Gasteiger charge is 2.43. The monoisotopic (exact) mass is 458 g/mol. The van der Waals surface area contributed by atoms with Crippen molar-refractivity contribution in [3.8, 4) is 0 Å². The van der Waals surface area contributed by atoms with E-state index in [1.807, 2.05) is 0 Å². The first-order valence-corrected chi connectivity index (χ1v) is 12.2. The van der Waals surface area contributed by atoms with Crippen LogP contribution < -0.4 is 5.32 Å². The van der Waals surface area contributed by atoms with Crippen molar-refractivity contribution in [2.24, 2.45) is 5.41 Å². The number of halogens is 2. The summed E-state index contributed by atoms with van der Waals surface area (Å²) in [7, 11) is -4.02. The summed E-state index contributed by atoms with van der Waals surface area (Å²) in [5.41, 5.74) is -0.342. The zero-order valence-corrected chi connectivity index (χ0v) is 18.1. The van der Waals surface area contributed by atoms with Crippen LogP contribution in [-0.4, -0.2) is 57.2 Å². The van der Waals surface area contributed by atoms with Gasteiger partial charge in [0.15, 0.2) is 0 Å². The van der Waals surface area contributed by atoms with Gasteiger partial charge in [-0.25, -0.2) is 4.79 Å². The van der Waals surface area contributed by atoms with Crippen LogP contribution >= 0.6 is 7.60 Å². The zero-order chi connectivity index (χ0) is 22.7. The molecule has 10 heteroatoms. The van der Waals surface area contributed by atoms with Gasteiger partial charge < -0.3 is 25.1 Å². The van der Waals surface area contributed by atoms with Crippen molar-refractivity contribution in [3.05, 3.63) is 48.0 Å². The van der Waals surface area contributed by atoms with E-state index in [4.69, 9.17) is 9.79 Å². The summed E-state index contributed by atoms with van der Waals surface area (Å²) in [6, 6.07) is 6.35. The second kappa shape index (κ2) is 9.36. The molecule has 1 heterocycles. The van der Waals surface area contributed by atoms with E-state index in [1.54, 1.807) is 11.0 Å². The summed E-state index contributed by atoms with van der Waals surface area (Å²) >= 11 is 0. The lowest BCUT2D eigenvalue weighted by molar-refractivity contribution is -0.0929. The molecule has 1 saturated heterocycles. The molecule has 1 aromatic carbocycles. The van der Waals surface area contributed by atoms with Crippen LogP contribution in [0.25, 0.3) is 0 Å². The molecule has 1 aliphatic heterocycles. The number of aliphatic hydroxyl groups excluding tert-OH is 1. The number of carbonyl (C=O) groups excluding carboxylic acids is 1. The molecule has 4 N–H and O–H groups in total. The lowest BCUT2D eigenvalue weighted by atomic mass is 9.97. The smallest absolute Gasteiger partial charge is 0.325 e. The molecule has 0 bridgehead atoms. The van der Waals surface area contributed by atoms with E-state index in [0.717, 1.165) is 25.3 Å². The summed E-state index contributed by atoms with van der Waals surface area (Å²) in [6.07, 6.45) is 4.03. The van der Waals surface area contributed by atoms with Crippen LogP contribution in [0.5, 0.6) is 0 Å². The topological polar surface area (TPSA) is 110 Å². The van der Waals surface area contributed by atoms with Gasteiger partial charge in [-0.05, 0) is 37.5 Å². The van der Waals surface area contributed by atoms with Crippen molar-refractivity contribution < 1.29 is 33.0 Å². The summed E-state index contributed by atoms with van der Waals surface area (Å²) in [6.45, 7) is 0.673. The van der Waals surface area contributed by atoms with Gasteiger partial charge in [0, 0.05) is 18.7 Å². The van der Waals surface area contributed by atoms with Crippen LogP contribution in [0.2, 0.25) is 0 Å². The molecule has 1 aromatic rings. The highest BCUT2D eigenvalue weighted by atomic mass is 31.2. The number of nitrogens with zero attached hydrogens (tertiary/aromatic N) is 1. The zero-order valence-electron chi connectivity index (χ0n) is 17.2. The Labute approximate surface area is 180 Å². The van der Waals surface area contributed by atoms with Crippen LogP contribution in [0, 0.1) is 5.41 Å². The molecule has 1 unspecified atom stereocenters.